The van der Waals surface area contributed by atoms with Crippen molar-refractivity contribution < 1.29 is 14.0 Å². The van der Waals surface area contributed by atoms with Crippen molar-refractivity contribution in [2.75, 3.05) is 34.3 Å². The zero-order valence-electron chi connectivity index (χ0n) is 33.9. The van der Waals surface area contributed by atoms with Gasteiger partial charge in [0.05, 0.1) is 34.3 Å². The van der Waals surface area contributed by atoms with Crippen LogP contribution in [-0.4, -0.2) is 44.7 Å². The number of allylic oxidation sites excluding steroid dienone is 8. The van der Waals surface area contributed by atoms with Gasteiger partial charge in [-0.2, -0.15) is 0 Å². The van der Waals surface area contributed by atoms with Gasteiger partial charge in [-0.3, -0.25) is 4.79 Å². The van der Waals surface area contributed by atoms with E-state index in [2.05, 4.69) is 83.6 Å². The molecule has 0 rings (SSSR count). The topological polar surface area (TPSA) is 26.3 Å². The number of carbonyl (C=O) groups is 1. The van der Waals surface area contributed by atoms with E-state index in [9.17, 15) is 4.79 Å². The number of carbonyl (C=O) groups excluding carboxylic acids is 1. The molecule has 3 heteroatoms. The minimum absolute atomic E-state index is 0.0144. The zero-order valence-corrected chi connectivity index (χ0v) is 33.9. The minimum atomic E-state index is 0.0144. The monoisotopic (exact) mass is 685 g/mol. The molecule has 0 aliphatic heterocycles. The molecule has 0 saturated carbocycles. The molecule has 0 aliphatic carbocycles. The molecule has 0 bridgehead atoms. The summed E-state index contributed by atoms with van der Waals surface area (Å²) in [5.41, 5.74) is 0. The second-order valence-corrected chi connectivity index (χ2v) is 15.8. The summed E-state index contributed by atoms with van der Waals surface area (Å²) >= 11 is 0. The molecule has 0 aromatic heterocycles. The van der Waals surface area contributed by atoms with Crippen LogP contribution in [0.25, 0.3) is 0 Å². The largest absolute Gasteiger partial charge is 0.465 e. The highest BCUT2D eigenvalue weighted by Crippen LogP contribution is 2.21. The summed E-state index contributed by atoms with van der Waals surface area (Å²) in [5, 5.41) is 0. The average Bonchev–Trinajstić information content (AvgIpc) is 3.07. The molecule has 0 unspecified atom stereocenters. The molecule has 0 N–H and O–H groups in total. The van der Waals surface area contributed by atoms with Crippen LogP contribution in [0.3, 0.4) is 0 Å². The SMILES string of the molecule is CCCCC/C=C\C/C=C\CCCCCCCCC(CCCCCCCC/C=C\C/C=C\CCCCC)COC(=O)CCCC[N+](C)(C)C. The summed E-state index contributed by atoms with van der Waals surface area (Å²) in [6, 6.07) is 0. The van der Waals surface area contributed by atoms with Gasteiger partial charge in [0, 0.05) is 6.42 Å². The fourth-order valence-corrected chi connectivity index (χ4v) is 6.29. The third kappa shape index (κ3) is 40.7. The summed E-state index contributed by atoms with van der Waals surface area (Å²) in [7, 11) is 6.64. The maximum Gasteiger partial charge on any atom is 0.305 e. The van der Waals surface area contributed by atoms with Gasteiger partial charge in [-0.15, -0.1) is 0 Å². The molecule has 0 spiro atoms. The first-order valence-corrected chi connectivity index (χ1v) is 21.4. The van der Waals surface area contributed by atoms with Crippen LogP contribution in [0.4, 0.5) is 0 Å². The van der Waals surface area contributed by atoms with Crippen molar-refractivity contribution in [1.29, 1.82) is 0 Å². The molecule has 0 aromatic carbocycles. The number of esters is 1. The first-order chi connectivity index (χ1) is 23.9. The first-order valence-electron chi connectivity index (χ1n) is 21.4. The Morgan fingerprint density at radius 3 is 1.29 bits per heavy atom. The molecule has 286 valence electrons. The lowest BCUT2D eigenvalue weighted by atomic mass is 9.94. The summed E-state index contributed by atoms with van der Waals surface area (Å²) in [6.07, 6.45) is 54.8. The number of hydrogen-bond acceptors (Lipinski definition) is 2. The van der Waals surface area contributed by atoms with Gasteiger partial charge in [0.2, 0.25) is 0 Å². The molecule has 0 aliphatic rings. The van der Waals surface area contributed by atoms with Crippen LogP contribution in [0.15, 0.2) is 48.6 Å². The lowest BCUT2D eigenvalue weighted by Gasteiger charge is -2.23. The normalized spacial score (nSPS) is 12.6. The van der Waals surface area contributed by atoms with Crippen LogP contribution >= 0.6 is 0 Å². The van der Waals surface area contributed by atoms with E-state index in [0.717, 1.165) is 36.7 Å². The first kappa shape index (κ1) is 47.4. The van der Waals surface area contributed by atoms with Crippen LogP contribution in [0.2, 0.25) is 0 Å². The Hall–Kier alpha value is -1.61. The highest BCUT2D eigenvalue weighted by atomic mass is 16.5. The lowest BCUT2D eigenvalue weighted by Crippen LogP contribution is -2.35. The second-order valence-electron chi connectivity index (χ2n) is 15.8. The van der Waals surface area contributed by atoms with Crippen LogP contribution in [0, 0.1) is 5.92 Å². The maximum atomic E-state index is 12.5. The van der Waals surface area contributed by atoms with Gasteiger partial charge in [-0.05, 0) is 95.8 Å². The molecule has 0 amide bonds. The molecule has 0 fully saturated rings. The molecular formula is C46H86NO2+. The Kier molecular flexibility index (Phi) is 36.4. The van der Waals surface area contributed by atoms with Crippen molar-refractivity contribution in [2.24, 2.45) is 5.92 Å². The maximum absolute atomic E-state index is 12.5. The van der Waals surface area contributed by atoms with Crippen molar-refractivity contribution in [3.05, 3.63) is 48.6 Å². The highest BCUT2D eigenvalue weighted by molar-refractivity contribution is 5.69. The van der Waals surface area contributed by atoms with Gasteiger partial charge in [0.1, 0.15) is 0 Å². The smallest absolute Gasteiger partial charge is 0.305 e. The standard InChI is InChI=1S/C46H86NO2/c1-6-8-10-12-14-16-18-20-22-24-26-28-30-32-34-36-40-45(44-49-46(48)42-38-39-43-47(3,4)5)41-37-35-33-31-29-27-25-23-21-19-17-15-13-11-9-7-2/h14-17,20-23,45H,6-13,18-19,24-44H2,1-5H3/q+1/b16-14-,17-15-,22-20-,23-21-. The van der Waals surface area contributed by atoms with Gasteiger partial charge in [0.15, 0.2) is 0 Å². The molecule has 0 aromatic rings. The van der Waals surface area contributed by atoms with Crippen molar-refractivity contribution in [3.63, 3.8) is 0 Å². The van der Waals surface area contributed by atoms with E-state index in [0.29, 0.717) is 18.9 Å². The van der Waals surface area contributed by atoms with Crippen molar-refractivity contribution in [3.8, 4) is 0 Å². The van der Waals surface area contributed by atoms with E-state index in [1.54, 1.807) is 0 Å². The van der Waals surface area contributed by atoms with Crippen LogP contribution in [0.1, 0.15) is 200 Å². The summed E-state index contributed by atoms with van der Waals surface area (Å²) < 4.78 is 6.79. The number of unbranched alkanes of at least 4 members (excludes halogenated alkanes) is 19. The van der Waals surface area contributed by atoms with E-state index < -0.39 is 0 Å². The van der Waals surface area contributed by atoms with E-state index in [4.69, 9.17) is 4.74 Å². The fraction of sp³-hybridized carbons (Fsp3) is 0.804. The third-order valence-electron chi connectivity index (χ3n) is 9.57. The van der Waals surface area contributed by atoms with Crippen LogP contribution in [0.5, 0.6) is 0 Å². The average molecular weight is 685 g/mol. The summed E-state index contributed by atoms with van der Waals surface area (Å²) in [5.74, 6) is 0.548. The fourth-order valence-electron chi connectivity index (χ4n) is 6.29. The van der Waals surface area contributed by atoms with Crippen molar-refractivity contribution in [2.45, 2.75) is 200 Å². The van der Waals surface area contributed by atoms with E-state index in [1.165, 1.54) is 154 Å². The predicted molar refractivity (Wildman–Crippen MR) is 219 cm³/mol. The quantitative estimate of drug-likeness (QED) is 0.0282. The van der Waals surface area contributed by atoms with Gasteiger partial charge in [-0.25, -0.2) is 0 Å². The number of quaternary nitrogens is 1. The van der Waals surface area contributed by atoms with Crippen molar-refractivity contribution >= 4 is 5.97 Å². The Morgan fingerprint density at radius 1 is 0.490 bits per heavy atom. The van der Waals surface area contributed by atoms with Gasteiger partial charge >= 0.3 is 5.97 Å². The number of hydrogen-bond donors (Lipinski definition) is 0. The molecule has 0 atom stereocenters. The second kappa shape index (κ2) is 37.6. The predicted octanol–water partition coefficient (Wildman–Crippen LogP) is 14.4. The van der Waals surface area contributed by atoms with Gasteiger partial charge < -0.3 is 9.22 Å². The Morgan fingerprint density at radius 2 is 0.878 bits per heavy atom. The van der Waals surface area contributed by atoms with Gasteiger partial charge in [-0.1, -0.05) is 152 Å². The third-order valence-corrected chi connectivity index (χ3v) is 9.57. The number of rotatable bonds is 37. The van der Waals surface area contributed by atoms with E-state index in [1.807, 2.05) is 0 Å². The number of ether oxygens (including phenoxy) is 1. The molecule has 49 heavy (non-hydrogen) atoms. The molecule has 0 radical (unpaired) electrons. The Labute approximate surface area is 308 Å². The Balaban J connectivity index is 4.14. The molecule has 0 heterocycles. The van der Waals surface area contributed by atoms with Gasteiger partial charge in [0.25, 0.3) is 0 Å². The Bertz CT molecular complexity index is 754. The van der Waals surface area contributed by atoms with E-state index >= 15 is 0 Å². The van der Waals surface area contributed by atoms with Crippen LogP contribution < -0.4 is 0 Å². The molecule has 3 nitrogen and oxygen atoms in total. The highest BCUT2D eigenvalue weighted by Gasteiger charge is 2.13. The summed E-state index contributed by atoms with van der Waals surface area (Å²) in [4.78, 5) is 12.5. The van der Waals surface area contributed by atoms with Crippen LogP contribution in [-0.2, 0) is 9.53 Å². The molecular weight excluding hydrogens is 599 g/mol. The minimum Gasteiger partial charge on any atom is -0.465 e. The zero-order chi connectivity index (χ0) is 35.9. The molecule has 0 saturated heterocycles. The number of nitrogens with zero attached hydrogens (tertiary/aromatic N) is 1. The summed E-state index contributed by atoms with van der Waals surface area (Å²) in [6.45, 7) is 6.27. The van der Waals surface area contributed by atoms with Crippen molar-refractivity contribution in [1.82, 2.24) is 0 Å². The lowest BCUT2D eigenvalue weighted by molar-refractivity contribution is -0.870. The van der Waals surface area contributed by atoms with E-state index in [-0.39, 0.29) is 5.97 Å².